The zero-order valence-corrected chi connectivity index (χ0v) is 17.0. The third-order valence-corrected chi connectivity index (χ3v) is 6.17. The Hall–Kier alpha value is -2.02. The highest BCUT2D eigenvalue weighted by Crippen LogP contribution is 2.38. The molecule has 28 heavy (non-hydrogen) atoms. The molecule has 2 aliphatic carbocycles. The lowest BCUT2D eigenvalue weighted by molar-refractivity contribution is 0.218. The van der Waals surface area contributed by atoms with Crippen molar-refractivity contribution < 1.29 is 4.52 Å². The molecule has 0 spiro atoms. The van der Waals surface area contributed by atoms with Crippen LogP contribution in [0.4, 0.5) is 0 Å². The van der Waals surface area contributed by atoms with Gasteiger partial charge >= 0.3 is 0 Å². The van der Waals surface area contributed by atoms with Crippen LogP contribution in [0.25, 0.3) is 5.57 Å². The van der Waals surface area contributed by atoms with Gasteiger partial charge in [-0.05, 0) is 51.5 Å². The summed E-state index contributed by atoms with van der Waals surface area (Å²) in [7, 11) is 0. The number of hydrogen-bond donors (Lipinski definition) is 3. The maximum Gasteiger partial charge on any atom is 0.261 e. The van der Waals surface area contributed by atoms with E-state index in [1.807, 2.05) is 13.0 Å². The van der Waals surface area contributed by atoms with Crippen LogP contribution in [0.5, 0.6) is 0 Å². The Bertz CT molecular complexity index is 717. The fourth-order valence-corrected chi connectivity index (χ4v) is 4.38. The fraction of sp³-hybridized carbons (Fsp3) is 0.714. The molecule has 0 atom stereocenters. The first kappa shape index (κ1) is 19.3. The van der Waals surface area contributed by atoms with Gasteiger partial charge in [0.05, 0.1) is 5.57 Å². The van der Waals surface area contributed by atoms with Gasteiger partial charge < -0.3 is 26.2 Å². The smallest absolute Gasteiger partial charge is 0.261 e. The highest BCUT2D eigenvalue weighted by atomic mass is 16.5. The summed E-state index contributed by atoms with van der Waals surface area (Å²) in [4.78, 5) is 6.81. The van der Waals surface area contributed by atoms with E-state index in [1.54, 1.807) is 0 Å². The zero-order valence-electron chi connectivity index (χ0n) is 17.0. The van der Waals surface area contributed by atoms with E-state index in [1.165, 1.54) is 32.1 Å². The van der Waals surface area contributed by atoms with E-state index in [0.29, 0.717) is 35.4 Å². The van der Waals surface area contributed by atoms with Crippen molar-refractivity contribution in [3.05, 3.63) is 29.3 Å². The molecule has 0 bridgehead atoms. The van der Waals surface area contributed by atoms with E-state index in [4.69, 9.17) is 16.0 Å². The number of nitrogens with one attached hydrogen (secondary N) is 1. The van der Waals surface area contributed by atoms with Crippen molar-refractivity contribution in [2.24, 2.45) is 11.5 Å². The van der Waals surface area contributed by atoms with E-state index in [0.717, 1.165) is 50.2 Å². The van der Waals surface area contributed by atoms with Gasteiger partial charge in [-0.3, -0.25) is 0 Å². The van der Waals surface area contributed by atoms with Gasteiger partial charge in [-0.2, -0.15) is 4.98 Å². The van der Waals surface area contributed by atoms with Gasteiger partial charge in [-0.25, -0.2) is 0 Å². The molecule has 0 radical (unpaired) electrons. The number of hydrogen-bond acceptors (Lipinski definition) is 7. The monoisotopic (exact) mass is 386 g/mol. The van der Waals surface area contributed by atoms with Gasteiger partial charge in [0, 0.05) is 36.8 Å². The number of nitrogens with two attached hydrogens (primary N) is 2. The molecule has 1 aromatic heterocycles. The van der Waals surface area contributed by atoms with Crippen LogP contribution in [-0.4, -0.2) is 40.2 Å². The number of allylic oxidation sites excluding steroid dienone is 3. The maximum absolute atomic E-state index is 6.56. The molecule has 4 rings (SSSR count). The first-order valence-corrected chi connectivity index (χ1v) is 10.9. The third-order valence-electron chi connectivity index (χ3n) is 6.17. The van der Waals surface area contributed by atoms with Crippen LogP contribution in [0.15, 0.2) is 22.1 Å². The van der Waals surface area contributed by atoms with Crippen LogP contribution in [0.1, 0.15) is 82.3 Å². The van der Waals surface area contributed by atoms with Gasteiger partial charge in [-0.1, -0.05) is 24.4 Å². The number of piperidine rings is 1. The van der Waals surface area contributed by atoms with E-state index < -0.39 is 0 Å². The molecule has 0 unspecified atom stereocenters. The lowest BCUT2D eigenvalue weighted by Crippen LogP contribution is -2.47. The summed E-state index contributed by atoms with van der Waals surface area (Å²) in [6.45, 7) is 3.72. The summed E-state index contributed by atoms with van der Waals surface area (Å²) in [5, 5.41) is 8.01. The second-order valence-electron chi connectivity index (χ2n) is 8.68. The Balaban J connectivity index is 1.43. The number of likely N-dealkylation sites (tertiary alicyclic amines) is 1. The molecule has 7 heteroatoms. The molecule has 0 amide bonds. The van der Waals surface area contributed by atoms with Crippen molar-refractivity contribution in [1.29, 1.82) is 0 Å². The predicted molar refractivity (Wildman–Crippen MR) is 110 cm³/mol. The molecule has 1 aromatic rings. The van der Waals surface area contributed by atoms with Crippen molar-refractivity contribution in [2.75, 3.05) is 13.1 Å². The fourth-order valence-electron chi connectivity index (χ4n) is 4.38. The van der Waals surface area contributed by atoms with Gasteiger partial charge in [0.25, 0.3) is 5.89 Å². The van der Waals surface area contributed by atoms with E-state index in [9.17, 15) is 0 Å². The minimum Gasteiger partial charge on any atom is -0.402 e. The minimum absolute atomic E-state index is 0.449. The summed E-state index contributed by atoms with van der Waals surface area (Å²) in [5.41, 5.74) is 13.9. The molecule has 2 heterocycles. The van der Waals surface area contributed by atoms with Crippen LogP contribution >= 0.6 is 0 Å². The van der Waals surface area contributed by atoms with Crippen molar-refractivity contribution in [3.63, 3.8) is 0 Å². The molecule has 7 nitrogen and oxygen atoms in total. The van der Waals surface area contributed by atoms with Crippen LogP contribution in [0.2, 0.25) is 0 Å². The largest absolute Gasteiger partial charge is 0.402 e. The van der Waals surface area contributed by atoms with Gasteiger partial charge in [0.15, 0.2) is 5.82 Å². The van der Waals surface area contributed by atoms with Crippen molar-refractivity contribution in [3.8, 4) is 0 Å². The molecular formula is C21H34N6O. The summed E-state index contributed by atoms with van der Waals surface area (Å²) in [5.74, 6) is 2.40. The Labute approximate surface area is 167 Å². The molecule has 5 N–H and O–H groups in total. The van der Waals surface area contributed by atoms with Gasteiger partial charge in [0.2, 0.25) is 0 Å². The van der Waals surface area contributed by atoms with Crippen LogP contribution in [0.3, 0.4) is 0 Å². The first-order valence-electron chi connectivity index (χ1n) is 10.9. The normalized spacial score (nSPS) is 23.8. The SMILES string of the molecule is C/C(N)=C/C(=C(\N)N1CCC(NC2CCCCC2)CC1)c1nc(C2CC2)no1. The predicted octanol–water partition coefficient (Wildman–Crippen LogP) is 2.82. The molecule has 1 saturated heterocycles. The summed E-state index contributed by atoms with van der Waals surface area (Å²) in [6, 6.07) is 1.29. The lowest BCUT2D eigenvalue weighted by Gasteiger charge is -2.37. The Morgan fingerprint density at radius 3 is 2.36 bits per heavy atom. The highest BCUT2D eigenvalue weighted by molar-refractivity contribution is 5.71. The average molecular weight is 387 g/mol. The van der Waals surface area contributed by atoms with Crippen LogP contribution in [-0.2, 0) is 0 Å². The van der Waals surface area contributed by atoms with Gasteiger partial charge in [-0.15, -0.1) is 0 Å². The molecule has 3 fully saturated rings. The molecular weight excluding hydrogens is 352 g/mol. The Morgan fingerprint density at radius 2 is 1.71 bits per heavy atom. The molecule has 1 aliphatic heterocycles. The van der Waals surface area contributed by atoms with Crippen LogP contribution < -0.4 is 16.8 Å². The number of nitrogens with zero attached hydrogens (tertiary/aromatic N) is 3. The van der Waals surface area contributed by atoms with Crippen LogP contribution in [0, 0.1) is 0 Å². The first-order chi connectivity index (χ1) is 13.6. The average Bonchev–Trinajstić information content (AvgIpc) is 3.44. The summed E-state index contributed by atoms with van der Waals surface area (Å²) < 4.78 is 5.52. The van der Waals surface area contributed by atoms with E-state index in [-0.39, 0.29) is 0 Å². The molecule has 154 valence electrons. The molecule has 2 saturated carbocycles. The van der Waals surface area contributed by atoms with Crippen molar-refractivity contribution >= 4 is 5.57 Å². The second kappa shape index (κ2) is 8.55. The third kappa shape index (κ3) is 4.69. The molecule has 3 aliphatic rings. The van der Waals surface area contributed by atoms with Crippen molar-refractivity contribution in [2.45, 2.75) is 82.7 Å². The second-order valence-corrected chi connectivity index (χ2v) is 8.68. The van der Waals surface area contributed by atoms with E-state index in [2.05, 4.69) is 20.4 Å². The summed E-state index contributed by atoms with van der Waals surface area (Å²) in [6.07, 6.45) is 13.1. The van der Waals surface area contributed by atoms with Crippen molar-refractivity contribution in [1.82, 2.24) is 20.4 Å². The molecule has 0 aromatic carbocycles. The minimum atomic E-state index is 0.449. The van der Waals surface area contributed by atoms with Gasteiger partial charge in [0.1, 0.15) is 5.82 Å². The topological polar surface area (TPSA) is 106 Å². The zero-order chi connectivity index (χ0) is 19.5. The number of rotatable bonds is 6. The number of aromatic nitrogens is 2. The standard InChI is InChI=1S/C21H34N6O/c1-14(22)13-18(21-25-20(26-28-21)15-7-8-15)19(23)27-11-9-17(10-12-27)24-16-5-3-2-4-6-16/h13,15-17,24H,2-12,22-23H2,1H3/b14-13-,19-18-. The maximum atomic E-state index is 6.56. The summed E-state index contributed by atoms with van der Waals surface area (Å²) >= 11 is 0. The lowest BCUT2D eigenvalue weighted by atomic mass is 9.93. The Morgan fingerprint density at radius 1 is 1.04 bits per heavy atom. The van der Waals surface area contributed by atoms with E-state index >= 15 is 0 Å². The Kier molecular flexibility index (Phi) is 5.90. The highest BCUT2D eigenvalue weighted by Gasteiger charge is 2.30. The quantitative estimate of drug-likeness (QED) is 0.645.